The molecule has 21 heavy (non-hydrogen) atoms. The van der Waals surface area contributed by atoms with E-state index in [-0.39, 0.29) is 11.7 Å². The van der Waals surface area contributed by atoms with E-state index < -0.39 is 0 Å². The maximum atomic E-state index is 11.9. The van der Waals surface area contributed by atoms with E-state index in [4.69, 9.17) is 0 Å². The largest absolute Gasteiger partial charge is 0.507 e. The third kappa shape index (κ3) is 4.15. The number of carbonyl (C=O) groups is 1. The fourth-order valence-corrected chi connectivity index (χ4v) is 3.08. The van der Waals surface area contributed by atoms with Crippen LogP contribution in [0.25, 0.3) is 0 Å². The minimum Gasteiger partial charge on any atom is -0.507 e. The van der Waals surface area contributed by atoms with Crippen molar-refractivity contribution in [3.63, 3.8) is 0 Å². The fourth-order valence-electron chi connectivity index (χ4n) is 1.52. The predicted octanol–water partition coefficient (Wildman–Crippen LogP) is 4.44. The van der Waals surface area contributed by atoms with Gasteiger partial charge in [0.15, 0.2) is 0 Å². The first-order chi connectivity index (χ1) is 9.99. The van der Waals surface area contributed by atoms with Crippen LogP contribution < -0.4 is 5.43 Å². The molecule has 0 heterocycles. The second-order valence-electron chi connectivity index (χ2n) is 4.00. The number of benzene rings is 2. The molecule has 2 aromatic rings. The van der Waals surface area contributed by atoms with Gasteiger partial charge in [0.05, 0.1) is 16.3 Å². The maximum Gasteiger partial charge on any atom is 0.272 e. The Morgan fingerprint density at radius 2 is 1.81 bits per heavy atom. The van der Waals surface area contributed by atoms with Crippen molar-refractivity contribution < 1.29 is 9.90 Å². The fraction of sp³-hybridized carbons (Fsp3) is 0. The lowest BCUT2D eigenvalue weighted by atomic mass is 10.2. The molecule has 2 N–H and O–H groups in total. The molecule has 0 radical (unpaired) electrons. The van der Waals surface area contributed by atoms with E-state index in [9.17, 15) is 9.90 Å². The van der Waals surface area contributed by atoms with Gasteiger partial charge in [-0.15, -0.1) is 0 Å². The number of rotatable bonds is 3. The Kier molecular flexibility index (Phi) is 5.55. The molecular weight excluding hydrogens is 468 g/mol. The summed E-state index contributed by atoms with van der Waals surface area (Å²) in [5.41, 5.74) is 3.57. The third-order valence-electron chi connectivity index (χ3n) is 2.55. The topological polar surface area (TPSA) is 61.7 Å². The summed E-state index contributed by atoms with van der Waals surface area (Å²) in [6.07, 6.45) is 1.45. The number of hydrazone groups is 1. The first kappa shape index (κ1) is 16.2. The second-order valence-corrected chi connectivity index (χ2v) is 6.57. The highest BCUT2D eigenvalue weighted by molar-refractivity contribution is 9.11. The standard InChI is InChI=1S/C14H9Br3N2O2/c15-10-4-2-1-3-9(10)14(21)19-18-7-8-5-13(20)12(17)6-11(8)16/h1-7,20H,(H,19,21)/b18-7+. The predicted molar refractivity (Wildman–Crippen MR) is 92.7 cm³/mol. The van der Waals surface area contributed by atoms with Gasteiger partial charge in [-0.25, -0.2) is 5.43 Å². The van der Waals surface area contributed by atoms with Crippen molar-refractivity contribution in [2.24, 2.45) is 5.10 Å². The molecule has 0 fully saturated rings. The molecule has 0 saturated heterocycles. The number of carbonyl (C=O) groups excluding carboxylic acids is 1. The molecule has 0 spiro atoms. The molecule has 1 amide bonds. The van der Waals surface area contributed by atoms with Gasteiger partial charge in [-0.2, -0.15) is 5.10 Å². The Bertz CT molecular complexity index is 717. The van der Waals surface area contributed by atoms with Crippen LogP contribution in [0.2, 0.25) is 0 Å². The Balaban J connectivity index is 2.11. The number of phenolic OH excluding ortho intramolecular Hbond substituents is 1. The summed E-state index contributed by atoms with van der Waals surface area (Å²) >= 11 is 9.87. The van der Waals surface area contributed by atoms with Crippen molar-refractivity contribution in [3.05, 3.63) is 60.9 Å². The van der Waals surface area contributed by atoms with E-state index in [1.165, 1.54) is 12.3 Å². The monoisotopic (exact) mass is 474 g/mol. The molecule has 0 atom stereocenters. The molecule has 0 aliphatic heterocycles. The molecular formula is C14H9Br3N2O2. The molecule has 0 aliphatic carbocycles. The molecule has 0 unspecified atom stereocenters. The Labute approximate surface area is 146 Å². The van der Waals surface area contributed by atoms with Gasteiger partial charge in [0, 0.05) is 14.5 Å². The zero-order valence-electron chi connectivity index (χ0n) is 10.5. The van der Waals surface area contributed by atoms with E-state index in [2.05, 4.69) is 58.3 Å². The first-order valence-corrected chi connectivity index (χ1v) is 8.13. The molecule has 0 aliphatic rings. The number of aromatic hydroxyl groups is 1. The average Bonchev–Trinajstić information content (AvgIpc) is 2.44. The smallest absolute Gasteiger partial charge is 0.272 e. The summed E-state index contributed by atoms with van der Waals surface area (Å²) in [4.78, 5) is 11.9. The lowest BCUT2D eigenvalue weighted by molar-refractivity contribution is 0.0954. The zero-order chi connectivity index (χ0) is 15.4. The van der Waals surface area contributed by atoms with Crippen LogP contribution in [0.4, 0.5) is 0 Å². The first-order valence-electron chi connectivity index (χ1n) is 5.75. The molecule has 108 valence electrons. The summed E-state index contributed by atoms with van der Waals surface area (Å²) in [5.74, 6) is -0.229. The quantitative estimate of drug-likeness (QED) is 0.508. The highest BCUT2D eigenvalue weighted by Gasteiger charge is 2.08. The van der Waals surface area contributed by atoms with Crippen molar-refractivity contribution >= 4 is 59.9 Å². The van der Waals surface area contributed by atoms with Gasteiger partial charge in [0.1, 0.15) is 5.75 Å². The maximum absolute atomic E-state index is 11.9. The molecule has 0 saturated carbocycles. The average molecular weight is 477 g/mol. The number of hydrogen-bond acceptors (Lipinski definition) is 3. The van der Waals surface area contributed by atoms with E-state index >= 15 is 0 Å². The minimum absolute atomic E-state index is 0.0942. The van der Waals surface area contributed by atoms with Gasteiger partial charge in [-0.05, 0) is 56.1 Å². The second kappa shape index (κ2) is 7.20. The normalized spacial score (nSPS) is 10.8. The Morgan fingerprint density at radius 3 is 2.52 bits per heavy atom. The van der Waals surface area contributed by atoms with Crippen molar-refractivity contribution in [2.75, 3.05) is 0 Å². The number of hydrogen-bond donors (Lipinski definition) is 2. The summed E-state index contributed by atoms with van der Waals surface area (Å²) in [6, 6.07) is 10.3. The molecule has 0 aromatic heterocycles. The number of phenols is 1. The Morgan fingerprint density at radius 1 is 1.10 bits per heavy atom. The number of amides is 1. The SMILES string of the molecule is O=C(N/N=C/c1cc(O)c(Br)cc1Br)c1ccccc1Br. The van der Waals surface area contributed by atoms with Crippen LogP contribution in [0, 0.1) is 0 Å². The van der Waals surface area contributed by atoms with Crippen LogP contribution >= 0.6 is 47.8 Å². The summed E-state index contributed by atoms with van der Waals surface area (Å²) in [7, 11) is 0. The summed E-state index contributed by atoms with van der Waals surface area (Å²) < 4.78 is 2.01. The Hall–Kier alpha value is -1.18. The molecule has 7 heteroatoms. The lowest BCUT2D eigenvalue weighted by Gasteiger charge is -2.03. The van der Waals surface area contributed by atoms with Crippen molar-refractivity contribution in [2.45, 2.75) is 0 Å². The van der Waals surface area contributed by atoms with Gasteiger partial charge in [0.2, 0.25) is 0 Å². The van der Waals surface area contributed by atoms with E-state index in [1.807, 2.05) is 6.07 Å². The van der Waals surface area contributed by atoms with Crippen LogP contribution in [-0.4, -0.2) is 17.2 Å². The van der Waals surface area contributed by atoms with E-state index in [0.717, 1.165) is 4.47 Å². The number of nitrogens with one attached hydrogen (secondary N) is 1. The van der Waals surface area contributed by atoms with Gasteiger partial charge < -0.3 is 5.11 Å². The molecule has 2 aromatic carbocycles. The molecule has 2 rings (SSSR count). The van der Waals surface area contributed by atoms with Gasteiger partial charge in [0.25, 0.3) is 5.91 Å². The van der Waals surface area contributed by atoms with Crippen LogP contribution in [0.5, 0.6) is 5.75 Å². The number of halogens is 3. The van der Waals surface area contributed by atoms with Crippen LogP contribution in [0.15, 0.2) is 54.9 Å². The third-order valence-corrected chi connectivity index (χ3v) is 4.57. The van der Waals surface area contributed by atoms with Gasteiger partial charge in [-0.3, -0.25) is 4.79 Å². The minimum atomic E-state index is -0.323. The van der Waals surface area contributed by atoms with Gasteiger partial charge >= 0.3 is 0 Å². The van der Waals surface area contributed by atoms with Crippen molar-refractivity contribution in [3.8, 4) is 5.75 Å². The van der Waals surface area contributed by atoms with Crippen LogP contribution in [0.3, 0.4) is 0 Å². The number of nitrogens with zero attached hydrogens (tertiary/aromatic N) is 1. The zero-order valence-corrected chi connectivity index (χ0v) is 15.2. The summed E-state index contributed by atoms with van der Waals surface area (Å²) in [6.45, 7) is 0. The van der Waals surface area contributed by atoms with Crippen LogP contribution in [0.1, 0.15) is 15.9 Å². The van der Waals surface area contributed by atoms with E-state index in [1.54, 1.807) is 24.3 Å². The highest BCUT2D eigenvalue weighted by atomic mass is 79.9. The van der Waals surface area contributed by atoms with Crippen molar-refractivity contribution in [1.29, 1.82) is 0 Å². The molecule has 0 bridgehead atoms. The molecule has 4 nitrogen and oxygen atoms in total. The van der Waals surface area contributed by atoms with E-state index in [0.29, 0.717) is 20.1 Å². The van der Waals surface area contributed by atoms with Crippen LogP contribution in [-0.2, 0) is 0 Å². The van der Waals surface area contributed by atoms with Gasteiger partial charge in [-0.1, -0.05) is 28.1 Å². The lowest BCUT2D eigenvalue weighted by Crippen LogP contribution is -2.18. The summed E-state index contributed by atoms with van der Waals surface area (Å²) in [5, 5.41) is 13.5. The highest BCUT2D eigenvalue weighted by Crippen LogP contribution is 2.29. The van der Waals surface area contributed by atoms with Crippen molar-refractivity contribution in [1.82, 2.24) is 5.43 Å².